The Hall–Kier alpha value is -4.34. The molecule has 31 heavy (non-hydrogen) atoms. The van der Waals surface area contributed by atoms with Crippen LogP contribution in [0.15, 0.2) is 61.7 Å². The molecule has 0 aliphatic heterocycles. The predicted molar refractivity (Wildman–Crippen MR) is 114 cm³/mol. The standard InChI is InChI=1S/C21H18FN7O2/c1-2-17(31)28(14-4-3-7-24-11-14)8-9-29-21-18(20(23)25-12-26-21)19(27-29)13-5-6-15(22)16(30)10-13/h2-7,10-12,30H,1,8-9H2,(H2,23,25,26). The number of rotatable bonds is 6. The van der Waals surface area contributed by atoms with E-state index < -0.39 is 11.6 Å². The first-order chi connectivity index (χ1) is 15.0. The van der Waals surface area contributed by atoms with Crippen LogP contribution < -0.4 is 10.6 Å². The summed E-state index contributed by atoms with van der Waals surface area (Å²) in [5.41, 5.74) is 7.97. The number of anilines is 2. The molecule has 0 unspecified atom stereocenters. The van der Waals surface area contributed by atoms with Crippen LogP contribution in [0.1, 0.15) is 0 Å². The summed E-state index contributed by atoms with van der Waals surface area (Å²) in [6.07, 6.45) is 5.73. The summed E-state index contributed by atoms with van der Waals surface area (Å²) < 4.78 is 15.1. The summed E-state index contributed by atoms with van der Waals surface area (Å²) in [5.74, 6) is -1.34. The van der Waals surface area contributed by atoms with Crippen LogP contribution in [0.25, 0.3) is 22.3 Å². The number of nitrogen functional groups attached to an aromatic ring is 1. The van der Waals surface area contributed by atoms with Crippen molar-refractivity contribution in [1.82, 2.24) is 24.7 Å². The van der Waals surface area contributed by atoms with Crippen molar-refractivity contribution in [3.63, 3.8) is 0 Å². The number of benzene rings is 1. The zero-order chi connectivity index (χ0) is 22.0. The van der Waals surface area contributed by atoms with Gasteiger partial charge in [-0.05, 0) is 36.4 Å². The van der Waals surface area contributed by atoms with E-state index in [1.807, 2.05) is 0 Å². The van der Waals surface area contributed by atoms with Crippen molar-refractivity contribution >= 4 is 28.4 Å². The van der Waals surface area contributed by atoms with Crippen molar-refractivity contribution in [3.8, 4) is 17.0 Å². The van der Waals surface area contributed by atoms with E-state index in [1.165, 1.54) is 29.4 Å². The number of amides is 1. The van der Waals surface area contributed by atoms with Crippen molar-refractivity contribution in [2.45, 2.75) is 6.54 Å². The van der Waals surface area contributed by atoms with E-state index in [4.69, 9.17) is 5.73 Å². The normalized spacial score (nSPS) is 10.9. The Balaban J connectivity index is 1.74. The van der Waals surface area contributed by atoms with E-state index in [9.17, 15) is 14.3 Å². The number of aromatic nitrogens is 5. The predicted octanol–water partition coefficient (Wildman–Crippen LogP) is 2.53. The third kappa shape index (κ3) is 3.78. The average Bonchev–Trinajstić information content (AvgIpc) is 3.16. The quantitative estimate of drug-likeness (QED) is 0.460. The molecule has 0 saturated heterocycles. The number of fused-ring (bicyclic) bond motifs is 1. The number of phenols is 1. The molecule has 3 heterocycles. The molecular weight excluding hydrogens is 401 g/mol. The molecule has 0 spiro atoms. The Morgan fingerprint density at radius 1 is 1.32 bits per heavy atom. The van der Waals surface area contributed by atoms with Crippen LogP contribution in [0.3, 0.4) is 0 Å². The van der Waals surface area contributed by atoms with Gasteiger partial charge in [-0.3, -0.25) is 9.78 Å². The summed E-state index contributed by atoms with van der Waals surface area (Å²) in [4.78, 5) is 26.3. The summed E-state index contributed by atoms with van der Waals surface area (Å²) >= 11 is 0. The molecule has 4 rings (SSSR count). The van der Waals surface area contributed by atoms with Gasteiger partial charge in [0, 0.05) is 18.3 Å². The van der Waals surface area contributed by atoms with Gasteiger partial charge in [0.1, 0.15) is 17.8 Å². The van der Waals surface area contributed by atoms with Crippen molar-refractivity contribution in [1.29, 1.82) is 0 Å². The van der Waals surface area contributed by atoms with Crippen LogP contribution in [0.4, 0.5) is 15.9 Å². The van der Waals surface area contributed by atoms with Gasteiger partial charge in [-0.2, -0.15) is 5.10 Å². The Bertz CT molecular complexity index is 1270. The molecule has 3 aromatic heterocycles. The average molecular weight is 419 g/mol. The molecule has 0 fully saturated rings. The van der Waals surface area contributed by atoms with Crippen LogP contribution in [0, 0.1) is 5.82 Å². The molecule has 10 heteroatoms. The number of hydrogen-bond acceptors (Lipinski definition) is 7. The molecule has 0 aliphatic rings. The summed E-state index contributed by atoms with van der Waals surface area (Å²) in [5, 5.41) is 14.8. The zero-order valence-corrected chi connectivity index (χ0v) is 16.3. The van der Waals surface area contributed by atoms with Crippen LogP contribution in [-0.4, -0.2) is 42.3 Å². The van der Waals surface area contributed by atoms with Crippen molar-refractivity contribution in [2.24, 2.45) is 0 Å². The minimum atomic E-state index is -0.744. The fourth-order valence-corrected chi connectivity index (χ4v) is 3.23. The van der Waals surface area contributed by atoms with Gasteiger partial charge in [0.05, 0.1) is 23.8 Å². The second kappa shape index (κ2) is 8.19. The number of carbonyl (C=O) groups is 1. The number of phenolic OH excluding ortho intramolecular Hbond substituents is 1. The Morgan fingerprint density at radius 3 is 2.87 bits per heavy atom. The van der Waals surface area contributed by atoms with Gasteiger partial charge in [0.2, 0.25) is 5.91 Å². The zero-order valence-electron chi connectivity index (χ0n) is 16.3. The molecular formula is C21H18FN7O2. The Labute approximate surface area is 176 Å². The Morgan fingerprint density at radius 2 is 2.16 bits per heavy atom. The highest BCUT2D eigenvalue weighted by Crippen LogP contribution is 2.32. The van der Waals surface area contributed by atoms with E-state index in [1.54, 1.807) is 29.2 Å². The van der Waals surface area contributed by atoms with E-state index in [0.29, 0.717) is 28.0 Å². The minimum absolute atomic E-state index is 0.196. The number of halogens is 1. The molecule has 4 aromatic rings. The summed E-state index contributed by atoms with van der Waals surface area (Å²) in [6.45, 7) is 4.08. The second-order valence-electron chi connectivity index (χ2n) is 6.60. The number of hydrogen-bond donors (Lipinski definition) is 2. The first-order valence-corrected chi connectivity index (χ1v) is 9.29. The number of nitrogens with zero attached hydrogens (tertiary/aromatic N) is 6. The highest BCUT2D eigenvalue weighted by atomic mass is 19.1. The molecule has 0 saturated carbocycles. The number of pyridine rings is 1. The maximum Gasteiger partial charge on any atom is 0.250 e. The first kappa shape index (κ1) is 20.0. The molecule has 0 atom stereocenters. The van der Waals surface area contributed by atoms with E-state index in [-0.39, 0.29) is 24.8 Å². The molecule has 3 N–H and O–H groups in total. The monoisotopic (exact) mass is 419 g/mol. The minimum Gasteiger partial charge on any atom is -0.505 e. The lowest BCUT2D eigenvalue weighted by atomic mass is 10.1. The van der Waals surface area contributed by atoms with E-state index in [2.05, 4.69) is 26.6 Å². The molecule has 1 amide bonds. The second-order valence-corrected chi connectivity index (χ2v) is 6.60. The maximum absolute atomic E-state index is 13.5. The van der Waals surface area contributed by atoms with Gasteiger partial charge in [-0.1, -0.05) is 6.58 Å². The van der Waals surface area contributed by atoms with Crippen molar-refractivity contribution < 1.29 is 14.3 Å². The van der Waals surface area contributed by atoms with Crippen LogP contribution in [0.5, 0.6) is 5.75 Å². The third-order valence-corrected chi connectivity index (χ3v) is 4.71. The fraction of sp³-hybridized carbons (Fsp3) is 0.0952. The molecule has 0 bridgehead atoms. The highest BCUT2D eigenvalue weighted by molar-refractivity contribution is 6.01. The van der Waals surface area contributed by atoms with Gasteiger partial charge in [0.15, 0.2) is 17.2 Å². The number of nitrogens with two attached hydrogens (primary N) is 1. The van der Waals surface area contributed by atoms with Crippen LogP contribution >= 0.6 is 0 Å². The van der Waals surface area contributed by atoms with Gasteiger partial charge >= 0.3 is 0 Å². The summed E-state index contributed by atoms with van der Waals surface area (Å²) in [7, 11) is 0. The van der Waals surface area contributed by atoms with Gasteiger partial charge < -0.3 is 15.7 Å². The lowest BCUT2D eigenvalue weighted by Gasteiger charge is -2.20. The lowest BCUT2D eigenvalue weighted by Crippen LogP contribution is -2.32. The van der Waals surface area contributed by atoms with Gasteiger partial charge in [0.25, 0.3) is 0 Å². The van der Waals surface area contributed by atoms with E-state index >= 15 is 0 Å². The molecule has 1 aromatic carbocycles. The third-order valence-electron chi connectivity index (χ3n) is 4.71. The summed E-state index contributed by atoms with van der Waals surface area (Å²) in [6, 6.07) is 7.38. The lowest BCUT2D eigenvalue weighted by molar-refractivity contribution is -0.114. The van der Waals surface area contributed by atoms with Crippen LogP contribution in [-0.2, 0) is 11.3 Å². The fourth-order valence-electron chi connectivity index (χ4n) is 3.23. The number of carbonyl (C=O) groups excluding carboxylic acids is 1. The van der Waals surface area contributed by atoms with E-state index in [0.717, 1.165) is 6.07 Å². The molecule has 9 nitrogen and oxygen atoms in total. The van der Waals surface area contributed by atoms with Gasteiger partial charge in [-0.15, -0.1) is 0 Å². The molecule has 0 aliphatic carbocycles. The van der Waals surface area contributed by atoms with Crippen LogP contribution in [0.2, 0.25) is 0 Å². The van der Waals surface area contributed by atoms with Crippen molar-refractivity contribution in [2.75, 3.05) is 17.2 Å². The molecule has 0 radical (unpaired) electrons. The highest BCUT2D eigenvalue weighted by Gasteiger charge is 2.20. The Kier molecular flexibility index (Phi) is 5.27. The SMILES string of the molecule is C=CC(=O)N(CCn1nc(-c2ccc(F)c(O)c2)c2c(N)ncnc21)c1cccnc1. The largest absolute Gasteiger partial charge is 0.505 e. The first-order valence-electron chi connectivity index (χ1n) is 9.29. The number of aromatic hydroxyl groups is 1. The smallest absolute Gasteiger partial charge is 0.250 e. The maximum atomic E-state index is 13.5. The van der Waals surface area contributed by atoms with Crippen molar-refractivity contribution in [3.05, 3.63) is 67.5 Å². The topological polar surface area (TPSA) is 123 Å². The van der Waals surface area contributed by atoms with Gasteiger partial charge in [-0.25, -0.2) is 19.0 Å². The molecule has 156 valence electrons.